The molecule has 0 aliphatic heterocycles. The van der Waals surface area contributed by atoms with E-state index in [2.05, 4.69) is 10.3 Å². The molecule has 0 atom stereocenters. The molecule has 0 bridgehead atoms. The third-order valence-corrected chi connectivity index (χ3v) is 3.03. The Bertz CT molecular complexity index is 558. The quantitative estimate of drug-likeness (QED) is 0.880. The second-order valence-corrected chi connectivity index (χ2v) is 4.55. The average Bonchev–Trinajstić information content (AvgIpc) is 2.48. The number of benzene rings is 1. The molecule has 2 rings (SSSR count). The van der Waals surface area contributed by atoms with Crippen LogP contribution in [0.25, 0.3) is 0 Å². The highest BCUT2D eigenvalue weighted by Gasteiger charge is 2.02. The molecule has 1 aromatic heterocycles. The maximum atomic E-state index is 6.14. The molecule has 0 aliphatic carbocycles. The van der Waals surface area contributed by atoms with Gasteiger partial charge in [0.15, 0.2) is 0 Å². The van der Waals surface area contributed by atoms with Gasteiger partial charge in [0.25, 0.3) is 0 Å². The first-order valence-electron chi connectivity index (χ1n) is 6.38. The van der Waals surface area contributed by atoms with Crippen molar-refractivity contribution in [1.82, 2.24) is 4.98 Å². The zero-order chi connectivity index (χ0) is 14.4. The number of aromatic nitrogens is 1. The fourth-order valence-corrected chi connectivity index (χ4v) is 1.96. The van der Waals surface area contributed by atoms with Crippen molar-refractivity contribution < 1.29 is 9.47 Å². The van der Waals surface area contributed by atoms with Crippen LogP contribution in [-0.4, -0.2) is 18.7 Å². The second kappa shape index (κ2) is 7.01. The normalized spacial score (nSPS) is 10.2. The van der Waals surface area contributed by atoms with E-state index in [-0.39, 0.29) is 0 Å². The number of hydrogen-bond acceptors (Lipinski definition) is 4. The van der Waals surface area contributed by atoms with Crippen LogP contribution in [-0.2, 0) is 6.54 Å². The van der Waals surface area contributed by atoms with Crippen LogP contribution in [0.5, 0.6) is 11.6 Å². The lowest BCUT2D eigenvalue weighted by Crippen LogP contribution is -2.00. The molecule has 0 spiro atoms. The molecule has 0 aliphatic rings. The Morgan fingerprint density at radius 3 is 2.70 bits per heavy atom. The van der Waals surface area contributed by atoms with E-state index in [4.69, 9.17) is 21.1 Å². The first-order chi connectivity index (χ1) is 9.72. The van der Waals surface area contributed by atoms with Gasteiger partial charge in [0.1, 0.15) is 5.75 Å². The Morgan fingerprint density at radius 2 is 2.10 bits per heavy atom. The minimum atomic E-state index is 0.601. The summed E-state index contributed by atoms with van der Waals surface area (Å²) in [5.74, 6) is 1.31. The minimum absolute atomic E-state index is 0.601. The molecule has 0 amide bonds. The Kier molecular flexibility index (Phi) is 5.07. The molecule has 2 aromatic rings. The largest absolute Gasteiger partial charge is 0.492 e. The number of hydrogen-bond donors (Lipinski definition) is 1. The van der Waals surface area contributed by atoms with Gasteiger partial charge in [-0.25, -0.2) is 4.98 Å². The van der Waals surface area contributed by atoms with Crippen LogP contribution in [0, 0.1) is 0 Å². The molecule has 5 heteroatoms. The van der Waals surface area contributed by atoms with Crippen molar-refractivity contribution >= 4 is 17.3 Å². The van der Waals surface area contributed by atoms with Gasteiger partial charge in [0, 0.05) is 24.5 Å². The lowest BCUT2D eigenvalue weighted by atomic mass is 10.2. The smallest absolute Gasteiger partial charge is 0.212 e. The number of nitrogens with zero attached hydrogens (tertiary/aromatic N) is 1. The number of nitrogens with one attached hydrogen (secondary N) is 1. The zero-order valence-corrected chi connectivity index (χ0v) is 12.3. The summed E-state index contributed by atoms with van der Waals surface area (Å²) in [6.45, 7) is 3.20. The summed E-state index contributed by atoms with van der Waals surface area (Å²) in [5, 5.41) is 3.89. The summed E-state index contributed by atoms with van der Waals surface area (Å²) < 4.78 is 10.4. The van der Waals surface area contributed by atoms with Crippen LogP contribution in [0.2, 0.25) is 5.02 Å². The van der Waals surface area contributed by atoms with Gasteiger partial charge in [-0.1, -0.05) is 17.7 Å². The zero-order valence-electron chi connectivity index (χ0n) is 11.5. The highest BCUT2D eigenvalue weighted by atomic mass is 35.5. The first-order valence-corrected chi connectivity index (χ1v) is 6.76. The Balaban J connectivity index is 1.97. The van der Waals surface area contributed by atoms with Gasteiger partial charge in [0.2, 0.25) is 5.88 Å². The van der Waals surface area contributed by atoms with E-state index in [1.54, 1.807) is 13.3 Å². The van der Waals surface area contributed by atoms with Gasteiger partial charge in [-0.2, -0.15) is 0 Å². The van der Waals surface area contributed by atoms with E-state index in [1.807, 2.05) is 37.3 Å². The summed E-state index contributed by atoms with van der Waals surface area (Å²) in [4.78, 5) is 4.16. The highest BCUT2D eigenvalue weighted by molar-refractivity contribution is 6.32. The van der Waals surface area contributed by atoms with Gasteiger partial charge in [-0.3, -0.25) is 0 Å². The SMILES string of the molecule is CCOc1ccc(NCc2ccc(OC)nc2)cc1Cl. The van der Waals surface area contributed by atoms with Gasteiger partial charge in [-0.05, 0) is 30.7 Å². The monoisotopic (exact) mass is 292 g/mol. The van der Waals surface area contributed by atoms with Crippen LogP contribution in [0.1, 0.15) is 12.5 Å². The van der Waals surface area contributed by atoms with E-state index in [0.29, 0.717) is 29.8 Å². The van der Waals surface area contributed by atoms with Crippen molar-refractivity contribution in [2.45, 2.75) is 13.5 Å². The third-order valence-electron chi connectivity index (χ3n) is 2.74. The Morgan fingerprint density at radius 1 is 1.25 bits per heavy atom. The fraction of sp³-hybridized carbons (Fsp3) is 0.267. The summed E-state index contributed by atoms with van der Waals surface area (Å²) in [7, 11) is 1.60. The van der Waals surface area contributed by atoms with Crippen LogP contribution in [0.15, 0.2) is 36.5 Å². The molecule has 106 valence electrons. The van der Waals surface area contributed by atoms with Crippen molar-refractivity contribution in [2.75, 3.05) is 19.0 Å². The Hall–Kier alpha value is -1.94. The number of rotatable bonds is 6. The second-order valence-electron chi connectivity index (χ2n) is 4.14. The molecule has 1 heterocycles. The molecule has 1 aromatic carbocycles. The van der Waals surface area contributed by atoms with Gasteiger partial charge in [-0.15, -0.1) is 0 Å². The predicted octanol–water partition coefficient (Wildman–Crippen LogP) is 3.75. The average molecular weight is 293 g/mol. The maximum absolute atomic E-state index is 6.14. The standard InChI is InChI=1S/C15H17ClN2O2/c1-3-20-14-6-5-12(8-13(14)16)17-9-11-4-7-15(19-2)18-10-11/h4-8,10,17H,3,9H2,1-2H3. The van der Waals surface area contributed by atoms with Crippen molar-refractivity contribution in [1.29, 1.82) is 0 Å². The van der Waals surface area contributed by atoms with E-state index in [1.165, 1.54) is 0 Å². The lowest BCUT2D eigenvalue weighted by molar-refractivity contribution is 0.340. The van der Waals surface area contributed by atoms with E-state index in [9.17, 15) is 0 Å². The lowest BCUT2D eigenvalue weighted by Gasteiger charge is -2.10. The summed E-state index contributed by atoms with van der Waals surface area (Å²) in [6.07, 6.45) is 1.78. The van der Waals surface area contributed by atoms with Crippen LogP contribution < -0.4 is 14.8 Å². The van der Waals surface area contributed by atoms with Crippen molar-refractivity contribution in [3.63, 3.8) is 0 Å². The molecule has 0 fully saturated rings. The highest BCUT2D eigenvalue weighted by Crippen LogP contribution is 2.27. The first kappa shape index (κ1) is 14.5. The Labute approximate surface area is 123 Å². The molecule has 0 saturated heterocycles. The van der Waals surface area contributed by atoms with Crippen LogP contribution in [0.4, 0.5) is 5.69 Å². The maximum Gasteiger partial charge on any atom is 0.212 e. The van der Waals surface area contributed by atoms with Gasteiger partial charge in [0.05, 0.1) is 18.7 Å². The fourth-order valence-electron chi connectivity index (χ4n) is 1.72. The number of halogens is 1. The van der Waals surface area contributed by atoms with Crippen LogP contribution >= 0.6 is 11.6 Å². The summed E-state index contributed by atoms with van der Waals surface area (Å²) in [5.41, 5.74) is 2.00. The van der Waals surface area contributed by atoms with E-state index < -0.39 is 0 Å². The molecule has 0 unspecified atom stereocenters. The van der Waals surface area contributed by atoms with Crippen LogP contribution in [0.3, 0.4) is 0 Å². The van der Waals surface area contributed by atoms with E-state index in [0.717, 1.165) is 11.3 Å². The molecular formula is C15H17ClN2O2. The minimum Gasteiger partial charge on any atom is -0.492 e. The number of anilines is 1. The summed E-state index contributed by atoms with van der Waals surface area (Å²) in [6, 6.07) is 9.45. The van der Waals surface area contributed by atoms with Gasteiger partial charge < -0.3 is 14.8 Å². The molecule has 20 heavy (non-hydrogen) atoms. The van der Waals surface area contributed by atoms with Crippen molar-refractivity contribution in [3.05, 3.63) is 47.1 Å². The topological polar surface area (TPSA) is 43.4 Å². The number of methoxy groups -OCH3 is 1. The molecule has 0 saturated carbocycles. The number of pyridine rings is 1. The molecule has 1 N–H and O–H groups in total. The van der Waals surface area contributed by atoms with Crippen molar-refractivity contribution in [2.24, 2.45) is 0 Å². The van der Waals surface area contributed by atoms with E-state index >= 15 is 0 Å². The number of ether oxygens (including phenoxy) is 2. The molecular weight excluding hydrogens is 276 g/mol. The summed E-state index contributed by atoms with van der Waals surface area (Å²) >= 11 is 6.14. The van der Waals surface area contributed by atoms with Gasteiger partial charge >= 0.3 is 0 Å². The molecule has 4 nitrogen and oxygen atoms in total. The predicted molar refractivity (Wildman–Crippen MR) is 80.7 cm³/mol. The third kappa shape index (κ3) is 3.78. The van der Waals surface area contributed by atoms with Crippen molar-refractivity contribution in [3.8, 4) is 11.6 Å². The molecule has 0 radical (unpaired) electrons.